The van der Waals surface area contributed by atoms with Gasteiger partial charge in [-0.15, -0.1) is 6.58 Å². The lowest BCUT2D eigenvalue weighted by atomic mass is 10.1. The minimum Gasteiger partial charge on any atom is -0.493 e. The fourth-order valence-electron chi connectivity index (χ4n) is 2.52. The number of carbonyl (C=O) groups excluding carboxylic acids is 2. The van der Waals surface area contributed by atoms with Gasteiger partial charge in [0.1, 0.15) is 6.04 Å². The predicted octanol–water partition coefficient (Wildman–Crippen LogP) is 2.39. The van der Waals surface area contributed by atoms with Crippen molar-refractivity contribution in [3.05, 3.63) is 66.5 Å². The van der Waals surface area contributed by atoms with E-state index in [9.17, 15) is 14.4 Å². The predicted molar refractivity (Wildman–Crippen MR) is 105 cm³/mol. The zero-order valence-corrected chi connectivity index (χ0v) is 16.0. The molecule has 0 aliphatic heterocycles. The molecule has 8 nitrogen and oxygen atoms in total. The number of ether oxygens (including phenoxy) is 2. The van der Waals surface area contributed by atoms with Crippen molar-refractivity contribution in [1.29, 1.82) is 0 Å². The maximum Gasteiger partial charge on any atom is 0.334 e. The molecule has 1 heterocycles. The Morgan fingerprint density at radius 1 is 1.28 bits per heavy atom. The fourth-order valence-corrected chi connectivity index (χ4v) is 2.52. The molecule has 0 aliphatic rings. The van der Waals surface area contributed by atoms with Crippen LogP contribution in [0.3, 0.4) is 0 Å². The Bertz CT molecular complexity index is 882. The topological polar surface area (TPSA) is 115 Å². The van der Waals surface area contributed by atoms with Crippen LogP contribution in [-0.2, 0) is 16.0 Å². The number of carbonyl (C=O) groups is 3. The number of aromatic nitrogens is 1. The van der Waals surface area contributed by atoms with Gasteiger partial charge in [0, 0.05) is 18.8 Å². The Morgan fingerprint density at radius 3 is 2.69 bits per heavy atom. The molecule has 1 unspecified atom stereocenters. The van der Waals surface area contributed by atoms with Crippen LogP contribution in [0.2, 0.25) is 0 Å². The maximum absolute atomic E-state index is 12.7. The third kappa shape index (κ3) is 6.46. The molecule has 2 rings (SSSR count). The Morgan fingerprint density at radius 2 is 2.07 bits per heavy atom. The molecule has 1 aromatic carbocycles. The smallest absolute Gasteiger partial charge is 0.334 e. The fraction of sp³-hybridized carbons (Fsp3) is 0.238. The highest BCUT2D eigenvalue weighted by molar-refractivity contribution is 5.96. The standard InChI is InChI=1S/C21H22N2O6/c1-3-5-14-7-9-17(18(12-14)28-2)29-21(27)16(8-10-19(24)25)23-20(26)15-6-4-11-22-13-15/h3-4,6-7,9,11-13,16H,1,5,8,10H2,2H3,(H,23,26)(H,24,25). The molecule has 29 heavy (non-hydrogen) atoms. The average molecular weight is 398 g/mol. The second-order valence-corrected chi connectivity index (χ2v) is 6.10. The summed E-state index contributed by atoms with van der Waals surface area (Å²) in [4.78, 5) is 39.8. The van der Waals surface area contributed by atoms with Gasteiger partial charge in [-0.05, 0) is 42.7 Å². The van der Waals surface area contributed by atoms with E-state index in [0.717, 1.165) is 5.56 Å². The van der Waals surface area contributed by atoms with Gasteiger partial charge in [0.25, 0.3) is 5.91 Å². The first kappa shape index (κ1) is 21.6. The van der Waals surface area contributed by atoms with E-state index in [1.807, 2.05) is 0 Å². The number of benzene rings is 1. The maximum atomic E-state index is 12.7. The van der Waals surface area contributed by atoms with Gasteiger partial charge in [0.2, 0.25) is 0 Å². The SMILES string of the molecule is C=CCc1ccc(OC(=O)C(CCC(=O)O)NC(=O)c2cccnc2)c(OC)c1. The molecule has 8 heteroatoms. The van der Waals surface area contributed by atoms with E-state index in [1.54, 1.807) is 30.3 Å². The first-order valence-corrected chi connectivity index (χ1v) is 8.86. The summed E-state index contributed by atoms with van der Waals surface area (Å²) >= 11 is 0. The summed E-state index contributed by atoms with van der Waals surface area (Å²) in [6, 6.07) is 7.00. The van der Waals surface area contributed by atoms with Gasteiger partial charge in [0.05, 0.1) is 12.7 Å². The van der Waals surface area contributed by atoms with Gasteiger partial charge in [-0.25, -0.2) is 4.79 Å². The Balaban J connectivity index is 2.17. The lowest BCUT2D eigenvalue weighted by Crippen LogP contribution is -2.43. The summed E-state index contributed by atoms with van der Waals surface area (Å²) in [5.41, 5.74) is 1.16. The third-order valence-electron chi connectivity index (χ3n) is 3.98. The third-order valence-corrected chi connectivity index (χ3v) is 3.98. The molecular weight excluding hydrogens is 376 g/mol. The number of hydrogen-bond acceptors (Lipinski definition) is 6. The first-order chi connectivity index (χ1) is 13.9. The van der Waals surface area contributed by atoms with E-state index in [-0.39, 0.29) is 24.2 Å². The van der Waals surface area contributed by atoms with Gasteiger partial charge >= 0.3 is 11.9 Å². The molecule has 0 saturated carbocycles. The average Bonchev–Trinajstić information content (AvgIpc) is 2.72. The minimum absolute atomic E-state index is 0.128. The lowest BCUT2D eigenvalue weighted by molar-refractivity contribution is -0.139. The number of amides is 1. The van der Waals surface area contributed by atoms with Crippen LogP contribution < -0.4 is 14.8 Å². The molecular formula is C21H22N2O6. The number of esters is 1. The van der Waals surface area contributed by atoms with Gasteiger partial charge in [-0.1, -0.05) is 12.1 Å². The van der Waals surface area contributed by atoms with E-state index in [4.69, 9.17) is 14.6 Å². The van der Waals surface area contributed by atoms with Crippen molar-refractivity contribution in [2.24, 2.45) is 0 Å². The van der Waals surface area contributed by atoms with Crippen LogP contribution in [0.5, 0.6) is 11.5 Å². The summed E-state index contributed by atoms with van der Waals surface area (Å²) in [7, 11) is 1.44. The van der Waals surface area contributed by atoms with Crippen molar-refractivity contribution in [3.8, 4) is 11.5 Å². The minimum atomic E-state index is -1.16. The number of nitrogens with zero attached hydrogens (tertiary/aromatic N) is 1. The van der Waals surface area contributed by atoms with Crippen molar-refractivity contribution in [2.75, 3.05) is 7.11 Å². The van der Waals surface area contributed by atoms with E-state index in [2.05, 4.69) is 16.9 Å². The highest BCUT2D eigenvalue weighted by Gasteiger charge is 2.25. The van der Waals surface area contributed by atoms with Gasteiger partial charge in [0.15, 0.2) is 11.5 Å². The van der Waals surface area contributed by atoms with Crippen LogP contribution in [0, 0.1) is 0 Å². The number of rotatable bonds is 10. The van der Waals surface area contributed by atoms with E-state index >= 15 is 0 Å². The monoisotopic (exact) mass is 398 g/mol. The molecule has 152 valence electrons. The summed E-state index contributed by atoms with van der Waals surface area (Å²) in [5, 5.41) is 11.5. The molecule has 0 fully saturated rings. The summed E-state index contributed by atoms with van der Waals surface area (Å²) in [5.74, 6) is -1.93. The van der Waals surface area contributed by atoms with Crippen LogP contribution in [0.1, 0.15) is 28.8 Å². The number of pyridine rings is 1. The molecule has 1 aromatic heterocycles. The van der Waals surface area contributed by atoms with Crippen LogP contribution in [0.25, 0.3) is 0 Å². The summed E-state index contributed by atoms with van der Waals surface area (Å²) in [6.07, 6.45) is 4.76. The number of methoxy groups -OCH3 is 1. The summed E-state index contributed by atoms with van der Waals surface area (Å²) < 4.78 is 10.6. The van der Waals surface area contributed by atoms with E-state index < -0.39 is 23.9 Å². The van der Waals surface area contributed by atoms with Crippen molar-refractivity contribution in [2.45, 2.75) is 25.3 Å². The van der Waals surface area contributed by atoms with Crippen molar-refractivity contribution in [1.82, 2.24) is 10.3 Å². The second kappa shape index (κ2) is 10.6. The van der Waals surface area contributed by atoms with Crippen LogP contribution in [0.15, 0.2) is 55.4 Å². The number of carboxylic acids is 1. The van der Waals surface area contributed by atoms with Gasteiger partial charge in [-0.3, -0.25) is 14.6 Å². The number of hydrogen-bond donors (Lipinski definition) is 2. The van der Waals surface area contributed by atoms with E-state index in [0.29, 0.717) is 12.2 Å². The summed E-state index contributed by atoms with van der Waals surface area (Å²) in [6.45, 7) is 3.67. The molecule has 0 bridgehead atoms. The van der Waals surface area contributed by atoms with Crippen molar-refractivity contribution >= 4 is 17.8 Å². The lowest BCUT2D eigenvalue weighted by Gasteiger charge is -2.18. The quantitative estimate of drug-likeness (QED) is 0.359. The van der Waals surface area contributed by atoms with Gasteiger partial charge in [-0.2, -0.15) is 0 Å². The zero-order chi connectivity index (χ0) is 21.2. The van der Waals surface area contributed by atoms with Crippen LogP contribution in [0.4, 0.5) is 0 Å². The molecule has 0 spiro atoms. The van der Waals surface area contributed by atoms with Crippen LogP contribution in [-0.4, -0.2) is 41.1 Å². The highest BCUT2D eigenvalue weighted by Crippen LogP contribution is 2.29. The molecule has 1 atom stereocenters. The molecule has 2 N–H and O–H groups in total. The molecule has 0 aliphatic carbocycles. The highest BCUT2D eigenvalue weighted by atomic mass is 16.6. The Kier molecular flexibility index (Phi) is 7.90. The van der Waals surface area contributed by atoms with Crippen LogP contribution >= 0.6 is 0 Å². The van der Waals surface area contributed by atoms with Crippen molar-refractivity contribution in [3.63, 3.8) is 0 Å². The number of aliphatic carboxylic acids is 1. The molecule has 2 aromatic rings. The largest absolute Gasteiger partial charge is 0.493 e. The zero-order valence-electron chi connectivity index (χ0n) is 16.0. The van der Waals surface area contributed by atoms with E-state index in [1.165, 1.54) is 25.6 Å². The number of allylic oxidation sites excluding steroid dienone is 1. The van der Waals surface area contributed by atoms with Crippen molar-refractivity contribution < 1.29 is 29.0 Å². The number of carboxylic acid groups (broad SMARTS) is 1. The molecule has 0 radical (unpaired) electrons. The Labute approximate surface area is 168 Å². The number of nitrogens with one attached hydrogen (secondary N) is 1. The Hall–Kier alpha value is -3.68. The first-order valence-electron chi connectivity index (χ1n) is 8.86. The molecule has 0 saturated heterocycles. The normalized spacial score (nSPS) is 11.2. The molecule has 1 amide bonds. The van der Waals surface area contributed by atoms with Gasteiger partial charge < -0.3 is 19.9 Å². The second-order valence-electron chi connectivity index (χ2n) is 6.10.